The maximum Gasteiger partial charge on any atom is 0.409 e. The lowest BCUT2D eigenvalue weighted by Crippen LogP contribution is -2.51. The summed E-state index contributed by atoms with van der Waals surface area (Å²) in [6, 6.07) is 4.29. The van der Waals surface area contributed by atoms with E-state index in [4.69, 9.17) is 20.9 Å². The molecule has 0 saturated carbocycles. The van der Waals surface area contributed by atoms with Gasteiger partial charge in [0.15, 0.2) is 12.4 Å². The highest BCUT2D eigenvalue weighted by Crippen LogP contribution is 2.20. The number of Topliss-reactive ketones (excluding diaryl/α,β-unsaturated/α-hetero) is 1. The fourth-order valence-corrected chi connectivity index (χ4v) is 6.22. The van der Waals surface area contributed by atoms with E-state index < -0.39 is 42.1 Å². The number of unbranched alkanes of at least 4 members (excludes halogenated alkanes) is 7. The molecule has 0 spiro atoms. The van der Waals surface area contributed by atoms with E-state index in [0.717, 1.165) is 77.0 Å². The Labute approximate surface area is 365 Å². The van der Waals surface area contributed by atoms with Crippen LogP contribution in [0.3, 0.4) is 0 Å². The Hall–Kier alpha value is -4.92. The summed E-state index contributed by atoms with van der Waals surface area (Å²) in [5.74, 6) is -1.22. The molecule has 0 radical (unpaired) electrons. The number of hydrogen-bond acceptors (Lipinski definition) is 9. The van der Waals surface area contributed by atoms with Crippen molar-refractivity contribution in [3.63, 3.8) is 0 Å². The number of rotatable bonds is 32. The molecule has 0 aromatic heterocycles. The van der Waals surface area contributed by atoms with E-state index in [0.29, 0.717) is 17.7 Å². The number of primary amides is 1. The van der Waals surface area contributed by atoms with Gasteiger partial charge in [-0.2, -0.15) is 0 Å². The molecular formula is C46H77N7O8. The number of likely N-dealkylation sites (N-methyl/N-ethyl adjacent to an activating group) is 2. The van der Waals surface area contributed by atoms with Crippen molar-refractivity contribution in [1.82, 2.24) is 20.4 Å². The monoisotopic (exact) mass is 856 g/mol. The van der Waals surface area contributed by atoms with E-state index in [1.807, 2.05) is 0 Å². The molecule has 1 rings (SSSR count). The predicted octanol–water partition coefficient (Wildman–Crippen LogP) is 7.59. The van der Waals surface area contributed by atoms with Gasteiger partial charge < -0.3 is 46.7 Å². The highest BCUT2D eigenvalue weighted by molar-refractivity contribution is 5.97. The van der Waals surface area contributed by atoms with Crippen molar-refractivity contribution in [2.24, 2.45) is 23.3 Å². The summed E-state index contributed by atoms with van der Waals surface area (Å²) < 4.78 is 10.9. The quantitative estimate of drug-likeness (QED) is 0.0356. The first-order chi connectivity index (χ1) is 29.2. The van der Waals surface area contributed by atoms with Crippen LogP contribution in [0.2, 0.25) is 0 Å². The fraction of sp³-hybridized carbons (Fsp3) is 0.652. The van der Waals surface area contributed by atoms with Gasteiger partial charge in [-0.25, -0.2) is 14.4 Å². The molecule has 0 aliphatic heterocycles. The molecule has 0 fully saturated rings. The second kappa shape index (κ2) is 32.8. The maximum absolute atomic E-state index is 13.2. The number of benzene rings is 1. The Kier molecular flexibility index (Phi) is 29.1. The molecule has 0 saturated heterocycles. The van der Waals surface area contributed by atoms with Crippen molar-refractivity contribution in [3.8, 4) is 0 Å². The van der Waals surface area contributed by atoms with Gasteiger partial charge in [-0.3, -0.25) is 14.4 Å². The number of allylic oxidation sites excluding steroid dienone is 4. The zero-order chi connectivity index (χ0) is 45.4. The number of carbonyl (C=O) groups excluding carboxylic acids is 6. The number of hydrogen-bond donors (Lipinski definition) is 5. The van der Waals surface area contributed by atoms with Crippen LogP contribution < -0.4 is 27.4 Å². The number of ether oxygens (including phenoxy) is 2. The van der Waals surface area contributed by atoms with Crippen molar-refractivity contribution < 1.29 is 38.2 Å². The highest BCUT2D eigenvalue weighted by Gasteiger charge is 2.26. The average molecular weight is 856 g/mol. The zero-order valence-electron chi connectivity index (χ0n) is 37.9. The van der Waals surface area contributed by atoms with Crippen LogP contribution in [0.4, 0.5) is 20.1 Å². The lowest BCUT2D eigenvalue weighted by molar-refractivity contribution is -0.128. The van der Waals surface area contributed by atoms with Crippen LogP contribution in [-0.2, 0) is 30.5 Å². The van der Waals surface area contributed by atoms with Crippen molar-refractivity contribution >= 4 is 41.5 Å². The lowest BCUT2D eigenvalue weighted by Gasteiger charge is -2.22. The van der Waals surface area contributed by atoms with Gasteiger partial charge in [0.2, 0.25) is 11.8 Å². The van der Waals surface area contributed by atoms with Crippen LogP contribution in [0.1, 0.15) is 130 Å². The number of nitrogens with zero attached hydrogens (tertiary/aromatic N) is 2. The molecule has 344 valence electrons. The Morgan fingerprint density at radius 2 is 1.34 bits per heavy atom. The molecule has 0 bridgehead atoms. The number of nitrogens with two attached hydrogens (primary N) is 2. The molecule has 0 aliphatic rings. The second-order valence-corrected chi connectivity index (χ2v) is 16.0. The van der Waals surface area contributed by atoms with Crippen LogP contribution in [0.25, 0.3) is 0 Å². The molecule has 15 heteroatoms. The fourth-order valence-electron chi connectivity index (χ4n) is 6.22. The first-order valence-electron chi connectivity index (χ1n) is 22.3. The van der Waals surface area contributed by atoms with E-state index in [9.17, 15) is 28.8 Å². The molecular weight excluding hydrogens is 779 g/mol. The molecule has 7 N–H and O–H groups in total. The van der Waals surface area contributed by atoms with E-state index in [2.05, 4.69) is 54.1 Å². The SMILES string of the molecule is CCC=CCC=CCCCCCC(CCCCCCC)C(=O)COC(=O)N(C)CCN(C)C(=O)OCc1ccc(NC(=O)[C@H](CCCNC(N)=O)NC(=O)[C@@H](N)C(C)C)cc1. The summed E-state index contributed by atoms with van der Waals surface area (Å²) in [5, 5.41) is 7.94. The topological polar surface area (TPSA) is 215 Å². The minimum absolute atomic E-state index is 0.0379. The molecule has 0 aliphatic carbocycles. The minimum Gasteiger partial charge on any atom is -0.445 e. The number of amides is 6. The van der Waals surface area contributed by atoms with Crippen LogP contribution in [0, 0.1) is 11.8 Å². The number of carbonyl (C=O) groups is 6. The standard InChI is InChI=1S/C46H77N7O8/c1-7-9-11-13-14-15-16-17-19-21-24-37(23-20-18-12-10-8-2)40(54)34-61-46(59)53(6)32-31-52(5)45(58)60-33-36-26-28-38(29-27-36)50-42(55)39(25-22-30-49-44(48)57)51-43(56)41(47)35(3)4/h9,11,14-15,26-29,35,37,39,41H,7-8,10,12-13,16-25,30-34,47H2,1-6H3,(H,50,55)(H,51,56)(H3,48,49,57)/t37?,39-,41-/m0/s1. The number of ketones is 1. The minimum atomic E-state index is -0.908. The van der Waals surface area contributed by atoms with E-state index in [1.54, 1.807) is 52.2 Å². The van der Waals surface area contributed by atoms with Crippen molar-refractivity contribution in [2.45, 2.75) is 143 Å². The van der Waals surface area contributed by atoms with Gasteiger partial charge in [0.1, 0.15) is 12.6 Å². The second-order valence-electron chi connectivity index (χ2n) is 16.0. The summed E-state index contributed by atoms with van der Waals surface area (Å²) >= 11 is 0. The Morgan fingerprint density at radius 3 is 1.95 bits per heavy atom. The van der Waals surface area contributed by atoms with Crippen molar-refractivity contribution in [2.75, 3.05) is 45.7 Å². The van der Waals surface area contributed by atoms with Crippen LogP contribution in [0.5, 0.6) is 0 Å². The average Bonchev–Trinajstić information content (AvgIpc) is 3.24. The summed E-state index contributed by atoms with van der Waals surface area (Å²) in [4.78, 5) is 78.2. The molecule has 15 nitrogen and oxygen atoms in total. The summed E-state index contributed by atoms with van der Waals surface area (Å²) in [5.41, 5.74) is 12.2. The Morgan fingerprint density at radius 1 is 0.738 bits per heavy atom. The largest absolute Gasteiger partial charge is 0.445 e. The third kappa shape index (κ3) is 25.5. The highest BCUT2D eigenvalue weighted by atomic mass is 16.6. The maximum atomic E-state index is 13.2. The number of urea groups is 1. The van der Waals surface area contributed by atoms with E-state index >= 15 is 0 Å². The summed E-state index contributed by atoms with van der Waals surface area (Å²) in [7, 11) is 3.12. The Balaban J connectivity index is 2.58. The lowest BCUT2D eigenvalue weighted by atomic mass is 9.91. The molecule has 6 amide bonds. The van der Waals surface area contributed by atoms with E-state index in [-0.39, 0.29) is 56.9 Å². The third-order valence-corrected chi connectivity index (χ3v) is 10.3. The van der Waals surface area contributed by atoms with Crippen LogP contribution in [-0.4, -0.2) is 98.0 Å². The van der Waals surface area contributed by atoms with Crippen LogP contribution >= 0.6 is 0 Å². The van der Waals surface area contributed by atoms with Gasteiger partial charge in [0, 0.05) is 45.3 Å². The first kappa shape index (κ1) is 54.1. The summed E-state index contributed by atoms with van der Waals surface area (Å²) in [6.45, 7) is 8.19. The number of anilines is 1. The first-order valence-corrected chi connectivity index (χ1v) is 22.3. The smallest absolute Gasteiger partial charge is 0.409 e. The van der Waals surface area contributed by atoms with Gasteiger partial charge in [0.25, 0.3) is 0 Å². The van der Waals surface area contributed by atoms with Gasteiger partial charge in [-0.15, -0.1) is 0 Å². The molecule has 61 heavy (non-hydrogen) atoms. The Bertz CT molecular complexity index is 1500. The van der Waals surface area contributed by atoms with Gasteiger partial charge >= 0.3 is 18.2 Å². The number of nitrogens with one attached hydrogen (secondary N) is 3. The van der Waals surface area contributed by atoms with Crippen LogP contribution in [0.15, 0.2) is 48.6 Å². The van der Waals surface area contributed by atoms with E-state index in [1.165, 1.54) is 16.2 Å². The van der Waals surface area contributed by atoms with Gasteiger partial charge in [-0.1, -0.05) is 109 Å². The molecule has 1 unspecified atom stereocenters. The molecule has 1 aromatic carbocycles. The molecule has 0 heterocycles. The van der Waals surface area contributed by atoms with Crippen molar-refractivity contribution in [1.29, 1.82) is 0 Å². The normalized spacial score (nSPS) is 12.8. The van der Waals surface area contributed by atoms with Crippen molar-refractivity contribution in [3.05, 3.63) is 54.1 Å². The molecule has 1 aromatic rings. The summed E-state index contributed by atoms with van der Waals surface area (Å²) in [6.07, 6.45) is 21.5. The third-order valence-electron chi connectivity index (χ3n) is 10.3. The van der Waals surface area contributed by atoms with Gasteiger partial charge in [0.05, 0.1) is 6.04 Å². The molecule has 3 atom stereocenters. The predicted molar refractivity (Wildman–Crippen MR) is 242 cm³/mol. The zero-order valence-corrected chi connectivity index (χ0v) is 37.9. The van der Waals surface area contributed by atoms with Gasteiger partial charge in [-0.05, 0) is 75.0 Å².